The minimum atomic E-state index is 0.268. The van der Waals surface area contributed by atoms with Gasteiger partial charge in [-0.05, 0) is 23.6 Å². The number of rotatable bonds is 5. The highest BCUT2D eigenvalue weighted by molar-refractivity contribution is 5.62. The van der Waals surface area contributed by atoms with Crippen LogP contribution in [0.1, 0.15) is 22.7 Å². The monoisotopic (exact) mass is 420 g/mol. The van der Waals surface area contributed by atoms with Crippen LogP contribution in [0.2, 0.25) is 0 Å². The minimum absolute atomic E-state index is 0.268. The van der Waals surface area contributed by atoms with Gasteiger partial charge in [-0.3, -0.25) is 4.90 Å². The van der Waals surface area contributed by atoms with E-state index < -0.39 is 0 Å². The Hall–Kier alpha value is -3.50. The van der Waals surface area contributed by atoms with E-state index in [1.807, 2.05) is 12.4 Å². The second kappa shape index (κ2) is 9.33. The molecule has 4 aromatic rings. The van der Waals surface area contributed by atoms with Crippen molar-refractivity contribution >= 4 is 5.95 Å². The lowest BCUT2D eigenvalue weighted by Gasteiger charge is -2.39. The smallest absolute Gasteiger partial charge is 0.225 e. The lowest BCUT2D eigenvalue weighted by atomic mass is 9.96. The average Bonchev–Trinajstić information content (AvgIpc) is 2.87. The van der Waals surface area contributed by atoms with Gasteiger partial charge in [-0.2, -0.15) is 0 Å². The number of aryl methyl sites for hydroxylation is 1. The second-order valence-electron chi connectivity index (χ2n) is 8.38. The fourth-order valence-corrected chi connectivity index (χ4v) is 4.44. The molecular weight excluding hydrogens is 392 g/mol. The van der Waals surface area contributed by atoms with Gasteiger partial charge in [-0.15, -0.1) is 0 Å². The highest BCUT2D eigenvalue weighted by Crippen LogP contribution is 2.30. The van der Waals surface area contributed by atoms with Gasteiger partial charge in [0.25, 0.3) is 0 Å². The van der Waals surface area contributed by atoms with Crippen molar-refractivity contribution in [3.63, 3.8) is 0 Å². The van der Waals surface area contributed by atoms with Crippen molar-refractivity contribution in [2.75, 3.05) is 31.1 Å². The highest BCUT2D eigenvalue weighted by atomic mass is 15.3. The summed E-state index contributed by atoms with van der Waals surface area (Å²) in [6, 6.07) is 30.4. The normalized spacial score (nSPS) is 14.6. The summed E-state index contributed by atoms with van der Waals surface area (Å²) >= 11 is 0. The SMILES string of the molecule is Cc1ccc(-c2cnc(N3CCN(C(c4ccccc4)c4ccccc4)CC3)nc2)cc1. The second-order valence-corrected chi connectivity index (χ2v) is 8.38. The maximum absolute atomic E-state index is 4.68. The summed E-state index contributed by atoms with van der Waals surface area (Å²) in [6.45, 7) is 5.87. The molecule has 0 spiro atoms. The van der Waals surface area contributed by atoms with Gasteiger partial charge in [0.15, 0.2) is 0 Å². The molecule has 4 heteroatoms. The predicted molar refractivity (Wildman–Crippen MR) is 131 cm³/mol. The Labute approximate surface area is 190 Å². The minimum Gasteiger partial charge on any atom is -0.338 e. The van der Waals surface area contributed by atoms with Crippen LogP contribution < -0.4 is 4.90 Å². The Morgan fingerprint density at radius 2 is 1.16 bits per heavy atom. The maximum Gasteiger partial charge on any atom is 0.225 e. The summed E-state index contributed by atoms with van der Waals surface area (Å²) in [5.74, 6) is 0.816. The van der Waals surface area contributed by atoms with E-state index in [0.29, 0.717) is 0 Å². The molecule has 0 amide bonds. The largest absolute Gasteiger partial charge is 0.338 e. The van der Waals surface area contributed by atoms with Crippen LogP contribution in [0.25, 0.3) is 11.1 Å². The summed E-state index contributed by atoms with van der Waals surface area (Å²) in [5.41, 5.74) is 6.14. The van der Waals surface area contributed by atoms with Crippen LogP contribution in [0.3, 0.4) is 0 Å². The number of anilines is 1. The van der Waals surface area contributed by atoms with Crippen molar-refractivity contribution < 1.29 is 0 Å². The molecule has 0 saturated carbocycles. The van der Waals surface area contributed by atoms with Crippen LogP contribution in [0.4, 0.5) is 5.95 Å². The number of hydrogen-bond donors (Lipinski definition) is 0. The van der Waals surface area contributed by atoms with E-state index in [0.717, 1.165) is 43.3 Å². The Morgan fingerprint density at radius 1 is 0.625 bits per heavy atom. The molecule has 0 radical (unpaired) electrons. The molecule has 1 aromatic heterocycles. The van der Waals surface area contributed by atoms with Gasteiger partial charge < -0.3 is 4.90 Å². The Morgan fingerprint density at radius 3 is 1.69 bits per heavy atom. The first-order valence-electron chi connectivity index (χ1n) is 11.3. The van der Waals surface area contributed by atoms with E-state index in [1.165, 1.54) is 16.7 Å². The number of benzene rings is 3. The van der Waals surface area contributed by atoms with Crippen molar-refractivity contribution in [2.24, 2.45) is 0 Å². The first-order valence-corrected chi connectivity index (χ1v) is 11.3. The highest BCUT2D eigenvalue weighted by Gasteiger charge is 2.27. The molecule has 160 valence electrons. The fourth-order valence-electron chi connectivity index (χ4n) is 4.44. The molecule has 4 nitrogen and oxygen atoms in total. The third-order valence-electron chi connectivity index (χ3n) is 6.22. The van der Waals surface area contributed by atoms with Crippen LogP contribution in [0.5, 0.6) is 0 Å². The summed E-state index contributed by atoms with van der Waals surface area (Å²) in [7, 11) is 0. The predicted octanol–water partition coefficient (Wildman–Crippen LogP) is 5.36. The van der Waals surface area contributed by atoms with E-state index in [2.05, 4.69) is 112 Å². The molecule has 0 N–H and O–H groups in total. The zero-order valence-corrected chi connectivity index (χ0v) is 18.4. The topological polar surface area (TPSA) is 32.3 Å². The average molecular weight is 421 g/mol. The zero-order valence-electron chi connectivity index (χ0n) is 18.4. The Balaban J connectivity index is 1.30. The van der Waals surface area contributed by atoms with E-state index in [-0.39, 0.29) is 6.04 Å². The standard InChI is InChI=1S/C28H28N4/c1-22-12-14-23(15-13-22)26-20-29-28(30-21-26)32-18-16-31(17-19-32)27(24-8-4-2-5-9-24)25-10-6-3-7-11-25/h2-15,20-21,27H,16-19H2,1H3. The van der Waals surface area contributed by atoms with Crippen molar-refractivity contribution in [1.29, 1.82) is 0 Å². The van der Waals surface area contributed by atoms with Gasteiger partial charge in [-0.1, -0.05) is 90.5 Å². The van der Waals surface area contributed by atoms with Gasteiger partial charge in [-0.25, -0.2) is 9.97 Å². The van der Waals surface area contributed by atoms with Gasteiger partial charge in [0, 0.05) is 44.1 Å². The van der Waals surface area contributed by atoms with Gasteiger partial charge in [0.1, 0.15) is 0 Å². The van der Waals surface area contributed by atoms with E-state index in [1.54, 1.807) is 0 Å². The summed E-state index contributed by atoms with van der Waals surface area (Å²) in [5, 5.41) is 0. The first-order chi connectivity index (χ1) is 15.8. The lowest BCUT2D eigenvalue weighted by molar-refractivity contribution is 0.211. The first kappa shape index (κ1) is 20.4. The maximum atomic E-state index is 4.68. The molecule has 2 heterocycles. The molecule has 1 fully saturated rings. The third kappa shape index (κ3) is 4.41. The molecule has 1 saturated heterocycles. The number of piperazine rings is 1. The molecule has 0 unspecified atom stereocenters. The van der Waals surface area contributed by atoms with Crippen molar-refractivity contribution in [3.8, 4) is 11.1 Å². The Bertz CT molecular complexity index is 1080. The van der Waals surface area contributed by atoms with Crippen LogP contribution in [0.15, 0.2) is 97.3 Å². The van der Waals surface area contributed by atoms with Crippen LogP contribution >= 0.6 is 0 Å². The van der Waals surface area contributed by atoms with Crippen LogP contribution in [-0.4, -0.2) is 41.0 Å². The van der Waals surface area contributed by atoms with Crippen LogP contribution in [-0.2, 0) is 0 Å². The van der Waals surface area contributed by atoms with Gasteiger partial charge in [0.05, 0.1) is 6.04 Å². The van der Waals surface area contributed by atoms with Gasteiger partial charge in [0.2, 0.25) is 5.95 Å². The Kier molecular flexibility index (Phi) is 5.95. The molecule has 0 bridgehead atoms. The molecule has 32 heavy (non-hydrogen) atoms. The van der Waals surface area contributed by atoms with Crippen LogP contribution in [0, 0.1) is 6.92 Å². The molecular formula is C28H28N4. The summed E-state index contributed by atoms with van der Waals surface area (Å²) in [4.78, 5) is 14.2. The lowest BCUT2D eigenvalue weighted by Crippen LogP contribution is -2.48. The quantitative estimate of drug-likeness (QED) is 0.435. The van der Waals surface area contributed by atoms with Gasteiger partial charge >= 0.3 is 0 Å². The van der Waals surface area contributed by atoms with E-state index in [4.69, 9.17) is 0 Å². The number of nitrogens with zero attached hydrogens (tertiary/aromatic N) is 4. The summed E-state index contributed by atoms with van der Waals surface area (Å²) in [6.07, 6.45) is 3.88. The summed E-state index contributed by atoms with van der Waals surface area (Å²) < 4.78 is 0. The third-order valence-corrected chi connectivity index (χ3v) is 6.22. The number of hydrogen-bond acceptors (Lipinski definition) is 4. The zero-order chi connectivity index (χ0) is 21.8. The molecule has 1 aliphatic heterocycles. The van der Waals surface area contributed by atoms with Crippen molar-refractivity contribution in [1.82, 2.24) is 14.9 Å². The van der Waals surface area contributed by atoms with E-state index in [9.17, 15) is 0 Å². The fraction of sp³-hybridized carbons (Fsp3) is 0.214. The van der Waals surface area contributed by atoms with Crippen molar-refractivity contribution in [3.05, 3.63) is 114 Å². The molecule has 0 aliphatic carbocycles. The molecule has 0 atom stereocenters. The molecule has 3 aromatic carbocycles. The molecule has 5 rings (SSSR count). The van der Waals surface area contributed by atoms with Crippen molar-refractivity contribution in [2.45, 2.75) is 13.0 Å². The van der Waals surface area contributed by atoms with E-state index >= 15 is 0 Å². The number of aromatic nitrogens is 2. The molecule has 1 aliphatic rings.